The Morgan fingerprint density at radius 3 is 1.34 bits per heavy atom. The van der Waals surface area contributed by atoms with Crippen LogP contribution in [0.3, 0.4) is 0 Å². The van der Waals surface area contributed by atoms with Gasteiger partial charge in [-0.3, -0.25) is 0 Å². The van der Waals surface area contributed by atoms with Gasteiger partial charge in [0.1, 0.15) is 11.5 Å². The van der Waals surface area contributed by atoms with E-state index in [2.05, 4.69) is 8.37 Å². The summed E-state index contributed by atoms with van der Waals surface area (Å²) in [6, 6.07) is 4.60. The lowest BCUT2D eigenvalue weighted by Gasteiger charge is -2.37. The zero-order valence-electron chi connectivity index (χ0n) is 18.9. The van der Waals surface area contributed by atoms with E-state index in [-0.39, 0.29) is 34.8 Å². The summed E-state index contributed by atoms with van der Waals surface area (Å²) in [5.74, 6) is -2.84. The zero-order valence-corrected chi connectivity index (χ0v) is 20.5. The second-order valence-electron chi connectivity index (χ2n) is 8.96. The summed E-state index contributed by atoms with van der Waals surface area (Å²) in [7, 11) is -12.1. The number of rotatable bonds is 6. The van der Waals surface area contributed by atoms with Crippen LogP contribution in [0, 0.1) is 11.8 Å². The summed E-state index contributed by atoms with van der Waals surface area (Å²) in [5, 5.41) is 0.456. The number of alkyl halides is 6. The van der Waals surface area contributed by atoms with Crippen molar-refractivity contribution in [3.63, 3.8) is 0 Å². The molecule has 196 valence electrons. The van der Waals surface area contributed by atoms with Crippen molar-refractivity contribution in [1.29, 1.82) is 0 Å². The van der Waals surface area contributed by atoms with Crippen LogP contribution in [0.15, 0.2) is 24.3 Å². The molecule has 35 heavy (non-hydrogen) atoms. The second kappa shape index (κ2) is 8.71. The van der Waals surface area contributed by atoms with Crippen molar-refractivity contribution in [2.24, 2.45) is 11.8 Å². The normalized spacial score (nSPS) is 19.4. The molecule has 0 amide bonds. The van der Waals surface area contributed by atoms with Crippen LogP contribution in [0.25, 0.3) is 10.8 Å². The molecule has 0 aliphatic heterocycles. The lowest BCUT2D eigenvalue weighted by atomic mass is 9.68. The lowest BCUT2D eigenvalue weighted by molar-refractivity contribution is -0.0504. The van der Waals surface area contributed by atoms with Gasteiger partial charge in [0.05, 0.1) is 0 Å². The van der Waals surface area contributed by atoms with Crippen LogP contribution in [-0.4, -0.2) is 27.9 Å². The third-order valence-corrected chi connectivity index (χ3v) is 7.94. The van der Waals surface area contributed by atoms with Crippen molar-refractivity contribution in [3.05, 3.63) is 35.4 Å². The molecule has 0 N–H and O–H groups in total. The Morgan fingerprint density at radius 2 is 1.06 bits per heavy atom. The largest absolute Gasteiger partial charge is 0.534 e. The molecule has 2 aromatic carbocycles. The van der Waals surface area contributed by atoms with E-state index in [0.29, 0.717) is 5.39 Å². The van der Waals surface area contributed by atoms with E-state index in [0.717, 1.165) is 12.1 Å². The van der Waals surface area contributed by atoms with Crippen LogP contribution in [0.1, 0.15) is 57.1 Å². The molecular weight excluding hydrogens is 526 g/mol. The van der Waals surface area contributed by atoms with Gasteiger partial charge in [0.25, 0.3) is 0 Å². The van der Waals surface area contributed by atoms with Crippen molar-refractivity contribution in [2.45, 2.75) is 57.0 Å². The second-order valence-corrected chi connectivity index (χ2v) is 12.0. The smallest absolute Gasteiger partial charge is 0.376 e. The molecule has 0 aromatic heterocycles. The van der Waals surface area contributed by atoms with Crippen LogP contribution >= 0.6 is 0 Å². The van der Waals surface area contributed by atoms with Crippen molar-refractivity contribution in [3.8, 4) is 11.5 Å². The maximum Gasteiger partial charge on any atom is 0.534 e. The Balaban J connectivity index is 2.40. The SMILES string of the molecule is CC(C)C1CC(C(C)C)c2c(OS(=O)(=O)C(F)(F)F)ccc3ccc(OS(=O)(=O)C(F)(F)F)c1c23. The third-order valence-electron chi connectivity index (χ3n) is 6.01. The van der Waals surface area contributed by atoms with Gasteiger partial charge in [-0.25, -0.2) is 0 Å². The van der Waals surface area contributed by atoms with E-state index >= 15 is 0 Å². The van der Waals surface area contributed by atoms with Crippen molar-refractivity contribution < 1.29 is 51.5 Å². The number of hydrogen-bond acceptors (Lipinski definition) is 6. The molecule has 6 nitrogen and oxygen atoms in total. The predicted octanol–water partition coefficient (Wildman–Crippen LogP) is 6.18. The average Bonchev–Trinajstić information content (AvgIpc) is 2.68. The third kappa shape index (κ3) is 4.91. The minimum absolute atomic E-state index is 0.0343. The molecule has 2 aromatic rings. The maximum atomic E-state index is 13.0. The van der Waals surface area contributed by atoms with Gasteiger partial charge in [-0.15, -0.1) is 0 Å². The molecule has 0 heterocycles. The van der Waals surface area contributed by atoms with E-state index < -0.39 is 54.6 Å². The molecule has 1 aliphatic carbocycles. The van der Waals surface area contributed by atoms with Crippen LogP contribution in [0.5, 0.6) is 11.5 Å². The molecule has 2 unspecified atom stereocenters. The standard InChI is InChI=1S/C21H22F6O6S2/c1-10(2)13-9-14(11(3)4)19-16(33-35(30,31)21(25,26)27)8-6-12-5-7-15(18(13)17(12)19)32-34(28,29)20(22,23)24/h5-8,10-11,13-14H,9H2,1-4H3. The van der Waals surface area contributed by atoms with E-state index in [1.54, 1.807) is 27.7 Å². The molecule has 14 heteroatoms. The number of benzene rings is 2. The van der Waals surface area contributed by atoms with Gasteiger partial charge in [0.2, 0.25) is 0 Å². The van der Waals surface area contributed by atoms with Crippen LogP contribution in [0.4, 0.5) is 26.3 Å². The van der Waals surface area contributed by atoms with Crippen LogP contribution < -0.4 is 8.37 Å². The first-order valence-electron chi connectivity index (χ1n) is 10.4. The van der Waals surface area contributed by atoms with Gasteiger partial charge >= 0.3 is 31.3 Å². The zero-order chi connectivity index (χ0) is 26.7. The van der Waals surface area contributed by atoms with Gasteiger partial charge in [0, 0.05) is 11.1 Å². The molecule has 1 aliphatic rings. The minimum atomic E-state index is -6.05. The van der Waals surface area contributed by atoms with Crippen LogP contribution in [0.2, 0.25) is 0 Å². The summed E-state index contributed by atoms with van der Waals surface area (Å²) in [6.07, 6.45) is 0.177. The average molecular weight is 549 g/mol. The summed E-state index contributed by atoms with van der Waals surface area (Å²) in [5.41, 5.74) is -11.4. The fourth-order valence-corrected chi connectivity index (χ4v) is 5.32. The van der Waals surface area contributed by atoms with E-state index in [1.165, 1.54) is 12.1 Å². The van der Waals surface area contributed by atoms with Gasteiger partial charge in [-0.1, -0.05) is 39.8 Å². The summed E-state index contributed by atoms with van der Waals surface area (Å²) in [4.78, 5) is 0. The molecule has 0 spiro atoms. The number of hydrogen-bond donors (Lipinski definition) is 0. The van der Waals surface area contributed by atoms with Gasteiger partial charge in [-0.2, -0.15) is 43.2 Å². The molecule has 0 saturated heterocycles. The Morgan fingerprint density at radius 1 is 0.714 bits per heavy atom. The Labute approximate surface area is 198 Å². The topological polar surface area (TPSA) is 86.7 Å². The van der Waals surface area contributed by atoms with Gasteiger partial charge < -0.3 is 8.37 Å². The molecule has 0 fully saturated rings. The van der Waals surface area contributed by atoms with E-state index in [4.69, 9.17) is 0 Å². The summed E-state index contributed by atoms with van der Waals surface area (Å²) >= 11 is 0. The van der Waals surface area contributed by atoms with Gasteiger partial charge in [-0.05, 0) is 53.0 Å². The Bertz CT molecular complexity index is 1250. The number of halogens is 6. The molecule has 0 radical (unpaired) electrons. The molecule has 3 rings (SSSR count). The first-order valence-corrected chi connectivity index (χ1v) is 13.2. The highest BCUT2D eigenvalue weighted by Crippen LogP contribution is 2.54. The summed E-state index contributed by atoms with van der Waals surface area (Å²) < 4.78 is 134. The molecule has 0 bridgehead atoms. The summed E-state index contributed by atoms with van der Waals surface area (Å²) in [6.45, 7) is 7.01. The fraction of sp³-hybridized carbons (Fsp3) is 0.524. The van der Waals surface area contributed by atoms with Gasteiger partial charge in [0.15, 0.2) is 0 Å². The molecular formula is C21H22F6O6S2. The van der Waals surface area contributed by atoms with E-state index in [9.17, 15) is 43.2 Å². The fourth-order valence-electron chi connectivity index (χ4n) is 4.37. The van der Waals surface area contributed by atoms with Crippen molar-refractivity contribution in [1.82, 2.24) is 0 Å². The Kier molecular flexibility index (Phi) is 6.81. The highest BCUT2D eigenvalue weighted by molar-refractivity contribution is 7.88. The highest BCUT2D eigenvalue weighted by atomic mass is 32.2. The Hall–Kier alpha value is -2.22. The van der Waals surface area contributed by atoms with E-state index in [1.807, 2.05) is 0 Å². The lowest BCUT2D eigenvalue weighted by Crippen LogP contribution is -2.30. The van der Waals surface area contributed by atoms with Crippen molar-refractivity contribution in [2.75, 3.05) is 0 Å². The maximum absolute atomic E-state index is 13.0. The van der Waals surface area contributed by atoms with Crippen molar-refractivity contribution >= 4 is 31.0 Å². The molecule has 0 saturated carbocycles. The minimum Gasteiger partial charge on any atom is -0.376 e. The quantitative estimate of drug-likeness (QED) is 0.244. The first-order chi connectivity index (χ1) is 15.8. The highest BCUT2D eigenvalue weighted by Gasteiger charge is 2.51. The predicted molar refractivity (Wildman–Crippen MR) is 115 cm³/mol. The monoisotopic (exact) mass is 548 g/mol. The van der Waals surface area contributed by atoms with Crippen LogP contribution in [-0.2, 0) is 20.2 Å². The first kappa shape index (κ1) is 27.4. The molecule has 2 atom stereocenters.